The van der Waals surface area contributed by atoms with Gasteiger partial charge in [-0.2, -0.15) is 13.2 Å². The molecule has 0 spiro atoms. The average Bonchev–Trinajstić information content (AvgIpc) is 3.27. The molecule has 1 N–H and O–H groups in total. The summed E-state index contributed by atoms with van der Waals surface area (Å²) in [7, 11) is 0. The summed E-state index contributed by atoms with van der Waals surface area (Å²) in [5, 5.41) is 3.27. The number of ether oxygens (including phenoxy) is 1. The van der Waals surface area contributed by atoms with Crippen LogP contribution < -0.4 is 5.32 Å². The number of rotatable bonds is 5. The Morgan fingerprint density at radius 2 is 1.83 bits per heavy atom. The van der Waals surface area contributed by atoms with Crippen LogP contribution in [0.1, 0.15) is 30.9 Å². The summed E-state index contributed by atoms with van der Waals surface area (Å²) in [6.45, 7) is 6.46. The van der Waals surface area contributed by atoms with Crippen molar-refractivity contribution in [2.45, 2.75) is 38.5 Å². The van der Waals surface area contributed by atoms with Crippen LogP contribution >= 0.6 is 0 Å². The molecule has 2 aliphatic heterocycles. The summed E-state index contributed by atoms with van der Waals surface area (Å²) in [4.78, 5) is 21.1. The molecule has 1 aromatic rings. The van der Waals surface area contributed by atoms with E-state index < -0.39 is 11.7 Å². The monoisotopic (exact) mass is 426 g/mol. The van der Waals surface area contributed by atoms with Gasteiger partial charge in [-0.3, -0.25) is 9.79 Å². The lowest BCUT2D eigenvalue weighted by atomic mass is 10.1. The van der Waals surface area contributed by atoms with Gasteiger partial charge in [0.2, 0.25) is 0 Å². The normalized spacial score (nSPS) is 20.5. The minimum absolute atomic E-state index is 0.0800. The Hall–Kier alpha value is -2.29. The Kier molecular flexibility index (Phi) is 7.58. The van der Waals surface area contributed by atoms with Crippen LogP contribution in [0.15, 0.2) is 29.3 Å². The summed E-state index contributed by atoms with van der Waals surface area (Å²) in [5.41, 5.74) is 0.174. The summed E-state index contributed by atoms with van der Waals surface area (Å²) < 4.78 is 43.5. The molecule has 166 valence electrons. The first-order valence-corrected chi connectivity index (χ1v) is 10.5. The van der Waals surface area contributed by atoms with Gasteiger partial charge in [0.1, 0.15) is 6.10 Å². The van der Waals surface area contributed by atoms with Crippen molar-refractivity contribution < 1.29 is 22.7 Å². The summed E-state index contributed by atoms with van der Waals surface area (Å²) in [5.74, 6) is 0.852. The van der Waals surface area contributed by atoms with Gasteiger partial charge in [0.15, 0.2) is 5.96 Å². The van der Waals surface area contributed by atoms with Crippen molar-refractivity contribution in [3.05, 3.63) is 35.4 Å². The Morgan fingerprint density at radius 1 is 1.17 bits per heavy atom. The predicted molar refractivity (Wildman–Crippen MR) is 108 cm³/mol. The van der Waals surface area contributed by atoms with Crippen molar-refractivity contribution in [1.82, 2.24) is 15.1 Å². The van der Waals surface area contributed by atoms with Gasteiger partial charge in [0.05, 0.1) is 5.56 Å². The van der Waals surface area contributed by atoms with Crippen LogP contribution in [-0.2, 0) is 22.1 Å². The third-order valence-corrected chi connectivity index (χ3v) is 5.37. The molecule has 0 saturated carbocycles. The average molecular weight is 426 g/mol. The van der Waals surface area contributed by atoms with Gasteiger partial charge in [-0.1, -0.05) is 12.1 Å². The molecule has 1 aromatic carbocycles. The minimum atomic E-state index is -4.32. The molecule has 1 atom stereocenters. The molecule has 2 aliphatic rings. The number of aliphatic imine (C=N–C) groups is 1. The predicted octanol–water partition coefficient (Wildman–Crippen LogP) is 2.54. The summed E-state index contributed by atoms with van der Waals surface area (Å²) >= 11 is 0. The van der Waals surface area contributed by atoms with Crippen molar-refractivity contribution in [3.8, 4) is 0 Å². The molecule has 0 aromatic heterocycles. The van der Waals surface area contributed by atoms with E-state index in [0.29, 0.717) is 52.3 Å². The first-order chi connectivity index (χ1) is 14.4. The van der Waals surface area contributed by atoms with E-state index in [1.807, 2.05) is 11.8 Å². The van der Waals surface area contributed by atoms with Crippen LogP contribution in [-0.4, -0.2) is 73.6 Å². The number of amides is 1. The largest absolute Gasteiger partial charge is 0.416 e. The lowest BCUT2D eigenvalue weighted by Gasteiger charge is -2.37. The van der Waals surface area contributed by atoms with Gasteiger partial charge < -0.3 is 19.9 Å². The highest BCUT2D eigenvalue weighted by molar-refractivity contribution is 5.82. The fourth-order valence-electron chi connectivity index (χ4n) is 3.69. The first kappa shape index (κ1) is 22.4. The van der Waals surface area contributed by atoms with E-state index in [-0.39, 0.29) is 12.0 Å². The highest BCUT2D eigenvalue weighted by Crippen LogP contribution is 2.29. The molecule has 30 heavy (non-hydrogen) atoms. The second-order valence-electron chi connectivity index (χ2n) is 7.49. The maximum Gasteiger partial charge on any atom is 0.416 e. The SMILES string of the molecule is CCNC(=NCCc1ccc(C(F)(F)F)cc1)N1CCN(C(=O)C2CCCO2)CC1. The smallest absolute Gasteiger partial charge is 0.368 e. The van der Waals surface area contributed by atoms with Crippen molar-refractivity contribution in [2.75, 3.05) is 45.9 Å². The van der Waals surface area contributed by atoms with E-state index in [1.54, 1.807) is 0 Å². The van der Waals surface area contributed by atoms with E-state index in [4.69, 9.17) is 4.74 Å². The number of nitrogens with one attached hydrogen (secondary N) is 1. The topological polar surface area (TPSA) is 57.2 Å². The third kappa shape index (κ3) is 5.87. The molecule has 2 heterocycles. The third-order valence-electron chi connectivity index (χ3n) is 5.37. The number of nitrogens with zero attached hydrogens (tertiary/aromatic N) is 3. The Bertz CT molecular complexity index is 723. The first-order valence-electron chi connectivity index (χ1n) is 10.5. The number of alkyl halides is 3. The number of hydrogen-bond acceptors (Lipinski definition) is 3. The molecule has 0 bridgehead atoms. The number of hydrogen-bond donors (Lipinski definition) is 1. The second kappa shape index (κ2) is 10.1. The van der Waals surface area contributed by atoms with E-state index in [0.717, 1.165) is 36.5 Å². The zero-order valence-electron chi connectivity index (χ0n) is 17.2. The van der Waals surface area contributed by atoms with Crippen LogP contribution in [0.3, 0.4) is 0 Å². The number of piperazine rings is 1. The van der Waals surface area contributed by atoms with Gasteiger partial charge >= 0.3 is 6.18 Å². The highest BCUT2D eigenvalue weighted by Gasteiger charge is 2.31. The number of carbonyl (C=O) groups excluding carboxylic acids is 1. The maximum absolute atomic E-state index is 12.7. The highest BCUT2D eigenvalue weighted by atomic mass is 19.4. The molecule has 1 amide bonds. The van der Waals surface area contributed by atoms with Crippen molar-refractivity contribution >= 4 is 11.9 Å². The van der Waals surface area contributed by atoms with E-state index in [9.17, 15) is 18.0 Å². The number of carbonyl (C=O) groups is 1. The Morgan fingerprint density at radius 3 is 2.40 bits per heavy atom. The van der Waals surface area contributed by atoms with Crippen LogP contribution in [0.4, 0.5) is 13.2 Å². The van der Waals surface area contributed by atoms with Crippen molar-refractivity contribution in [1.29, 1.82) is 0 Å². The van der Waals surface area contributed by atoms with Gasteiger partial charge in [-0.05, 0) is 43.9 Å². The van der Waals surface area contributed by atoms with Gasteiger partial charge in [0, 0.05) is 45.9 Å². The molecule has 0 radical (unpaired) electrons. The Balaban J connectivity index is 1.51. The van der Waals surface area contributed by atoms with Gasteiger partial charge in [0.25, 0.3) is 5.91 Å². The number of benzene rings is 1. The maximum atomic E-state index is 12.7. The fourth-order valence-corrected chi connectivity index (χ4v) is 3.69. The molecule has 3 rings (SSSR count). The van der Waals surface area contributed by atoms with Crippen molar-refractivity contribution in [2.24, 2.45) is 4.99 Å². The van der Waals surface area contributed by atoms with E-state index in [2.05, 4.69) is 15.2 Å². The van der Waals surface area contributed by atoms with Crippen LogP contribution in [0.5, 0.6) is 0 Å². The number of halogens is 3. The molecule has 2 fully saturated rings. The quantitative estimate of drug-likeness (QED) is 0.581. The standard InChI is InChI=1S/C21H29F3N4O2/c1-2-25-20(26-10-9-16-5-7-17(8-6-16)21(22,23)24)28-13-11-27(12-14-28)19(29)18-4-3-15-30-18/h5-8,18H,2-4,9-15H2,1H3,(H,25,26). The molecule has 9 heteroatoms. The molecule has 2 saturated heterocycles. The molecule has 6 nitrogen and oxygen atoms in total. The van der Waals surface area contributed by atoms with Crippen LogP contribution in [0, 0.1) is 0 Å². The number of guanidine groups is 1. The molecule has 0 aliphatic carbocycles. The van der Waals surface area contributed by atoms with Crippen LogP contribution in [0.2, 0.25) is 0 Å². The van der Waals surface area contributed by atoms with Crippen LogP contribution in [0.25, 0.3) is 0 Å². The summed E-state index contributed by atoms with van der Waals surface area (Å²) in [6.07, 6.45) is -2.31. The zero-order chi connectivity index (χ0) is 21.6. The summed E-state index contributed by atoms with van der Waals surface area (Å²) in [6, 6.07) is 5.21. The lowest BCUT2D eigenvalue weighted by Crippen LogP contribution is -2.55. The minimum Gasteiger partial charge on any atom is -0.368 e. The van der Waals surface area contributed by atoms with Gasteiger partial charge in [-0.15, -0.1) is 0 Å². The molecular weight excluding hydrogens is 397 g/mol. The lowest BCUT2D eigenvalue weighted by molar-refractivity contribution is -0.142. The second-order valence-corrected chi connectivity index (χ2v) is 7.49. The zero-order valence-corrected chi connectivity index (χ0v) is 17.2. The van der Waals surface area contributed by atoms with E-state index >= 15 is 0 Å². The Labute approximate surface area is 175 Å². The molecule has 1 unspecified atom stereocenters. The fraction of sp³-hybridized carbons (Fsp3) is 0.619. The van der Waals surface area contributed by atoms with Gasteiger partial charge in [-0.25, -0.2) is 0 Å². The van der Waals surface area contributed by atoms with Crippen molar-refractivity contribution in [3.63, 3.8) is 0 Å². The molecular formula is C21H29F3N4O2. The van der Waals surface area contributed by atoms with E-state index in [1.165, 1.54) is 12.1 Å².